The second-order valence-electron chi connectivity index (χ2n) is 5.65. The number of nitrogens with zero attached hydrogens (tertiary/aromatic N) is 3. The maximum Gasteiger partial charge on any atom is 0.266 e. The number of hydrogen-bond donors (Lipinski definition) is 2. The summed E-state index contributed by atoms with van der Waals surface area (Å²) >= 11 is 5.98. The number of sulfonamides is 1. The van der Waals surface area contributed by atoms with Gasteiger partial charge in [-0.05, 0) is 12.1 Å². The topological polar surface area (TPSA) is 139 Å². The van der Waals surface area contributed by atoms with Crippen LogP contribution < -0.4 is 18.9 Å². The van der Waals surface area contributed by atoms with Gasteiger partial charge in [-0.15, -0.1) is 0 Å². The second-order valence-corrected chi connectivity index (χ2v) is 7.71. The van der Waals surface area contributed by atoms with E-state index in [1.165, 1.54) is 32.5 Å². The number of ether oxygens (including phenoxy) is 3. The van der Waals surface area contributed by atoms with Gasteiger partial charge in [0.05, 0.1) is 30.3 Å². The number of halogens is 2. The number of aromatic amines is 1. The number of nitriles is 1. The van der Waals surface area contributed by atoms with Gasteiger partial charge >= 0.3 is 0 Å². The molecule has 0 atom stereocenters. The van der Waals surface area contributed by atoms with Gasteiger partial charge in [-0.2, -0.15) is 15.2 Å². The Labute approximate surface area is 175 Å². The molecular weight excluding hydrogens is 441 g/mol. The molecule has 158 valence electrons. The van der Waals surface area contributed by atoms with Crippen LogP contribution in [0.3, 0.4) is 0 Å². The Bertz CT molecular complexity index is 1220. The van der Waals surface area contributed by atoms with Crippen LogP contribution in [0.1, 0.15) is 5.56 Å². The lowest BCUT2D eigenvalue weighted by Gasteiger charge is -2.14. The van der Waals surface area contributed by atoms with Crippen molar-refractivity contribution in [2.75, 3.05) is 32.2 Å². The first-order valence-electron chi connectivity index (χ1n) is 8.27. The lowest BCUT2D eigenvalue weighted by Crippen LogP contribution is -2.16. The fourth-order valence-electron chi connectivity index (χ4n) is 2.65. The first kappa shape index (κ1) is 21.4. The molecule has 0 bridgehead atoms. The molecule has 0 spiro atoms. The number of aromatic nitrogens is 3. The van der Waals surface area contributed by atoms with E-state index in [1.54, 1.807) is 0 Å². The van der Waals surface area contributed by atoms with Crippen LogP contribution in [0.25, 0.3) is 10.9 Å². The molecule has 0 amide bonds. The zero-order chi connectivity index (χ0) is 21.9. The van der Waals surface area contributed by atoms with Gasteiger partial charge in [0.15, 0.2) is 0 Å². The summed E-state index contributed by atoms with van der Waals surface area (Å²) in [7, 11) is -1.64. The number of rotatable bonds is 8. The van der Waals surface area contributed by atoms with Crippen molar-refractivity contribution in [2.24, 2.45) is 0 Å². The molecule has 0 aliphatic rings. The van der Waals surface area contributed by atoms with Gasteiger partial charge in [0.2, 0.25) is 11.7 Å². The van der Waals surface area contributed by atoms with Crippen molar-refractivity contribution in [2.45, 2.75) is 4.90 Å². The van der Waals surface area contributed by atoms with Crippen LogP contribution >= 0.6 is 11.6 Å². The molecule has 0 radical (unpaired) electrons. The third-order valence-corrected chi connectivity index (χ3v) is 5.59. The first-order chi connectivity index (χ1) is 14.4. The quantitative estimate of drug-likeness (QED) is 0.528. The van der Waals surface area contributed by atoms with E-state index in [9.17, 15) is 18.1 Å². The molecule has 0 fully saturated rings. The zero-order valence-electron chi connectivity index (χ0n) is 15.7. The van der Waals surface area contributed by atoms with E-state index in [0.29, 0.717) is 0 Å². The molecule has 1 aromatic carbocycles. The van der Waals surface area contributed by atoms with Crippen molar-refractivity contribution in [3.05, 3.63) is 28.9 Å². The lowest BCUT2D eigenvalue weighted by molar-refractivity contribution is 0.240. The van der Waals surface area contributed by atoms with Gasteiger partial charge in [0, 0.05) is 11.6 Å². The molecule has 0 aliphatic heterocycles. The second kappa shape index (κ2) is 8.60. The van der Waals surface area contributed by atoms with E-state index >= 15 is 0 Å². The molecule has 2 aromatic heterocycles. The summed E-state index contributed by atoms with van der Waals surface area (Å²) in [5.41, 5.74) is 0.390. The number of H-pyrrole nitrogens is 1. The Hall–Kier alpha value is -3.30. The largest absolute Gasteiger partial charge is 0.481 e. The van der Waals surface area contributed by atoms with E-state index in [0.717, 1.165) is 0 Å². The number of nitrogens with one attached hydrogen (secondary N) is 2. The lowest BCUT2D eigenvalue weighted by atomic mass is 10.1. The van der Waals surface area contributed by atoms with Gasteiger partial charge in [-0.3, -0.25) is 0 Å². The summed E-state index contributed by atoms with van der Waals surface area (Å²) in [6.07, 6.45) is 1.22. The third kappa shape index (κ3) is 3.89. The maximum absolute atomic E-state index is 12.9. The predicted molar refractivity (Wildman–Crippen MR) is 105 cm³/mol. The Morgan fingerprint density at radius 2 is 1.93 bits per heavy atom. The van der Waals surface area contributed by atoms with Crippen molar-refractivity contribution < 1.29 is 27.0 Å². The van der Waals surface area contributed by atoms with Crippen LogP contribution in [0.2, 0.25) is 5.02 Å². The van der Waals surface area contributed by atoms with Gasteiger partial charge in [-0.1, -0.05) is 11.6 Å². The zero-order valence-corrected chi connectivity index (χ0v) is 17.3. The highest BCUT2D eigenvalue weighted by atomic mass is 35.5. The van der Waals surface area contributed by atoms with Crippen molar-refractivity contribution in [3.8, 4) is 23.6 Å². The van der Waals surface area contributed by atoms with Crippen LogP contribution in [0.5, 0.6) is 17.5 Å². The predicted octanol–water partition coefficient (Wildman–Crippen LogP) is 2.65. The number of fused-ring (bicyclic) bond motifs is 1. The minimum Gasteiger partial charge on any atom is -0.481 e. The van der Waals surface area contributed by atoms with Gasteiger partial charge in [-0.25, -0.2) is 17.5 Å². The fraction of sp³-hybridized carbons (Fsp3) is 0.235. The van der Waals surface area contributed by atoms with E-state index in [4.69, 9.17) is 25.8 Å². The molecule has 2 heterocycles. The van der Waals surface area contributed by atoms with Crippen LogP contribution in [0, 0.1) is 11.3 Å². The fourth-order valence-corrected chi connectivity index (χ4v) is 3.97. The number of methoxy groups -OCH3 is 2. The molecule has 3 aromatic rings. The molecule has 0 aliphatic carbocycles. The summed E-state index contributed by atoms with van der Waals surface area (Å²) < 4.78 is 55.8. The van der Waals surface area contributed by atoms with Crippen molar-refractivity contribution in [1.82, 2.24) is 15.0 Å². The molecule has 0 saturated carbocycles. The van der Waals surface area contributed by atoms with Crippen LogP contribution in [0.15, 0.2) is 23.2 Å². The van der Waals surface area contributed by atoms with Crippen LogP contribution in [-0.4, -0.2) is 50.9 Å². The Morgan fingerprint density at radius 3 is 2.50 bits per heavy atom. The minimum atomic E-state index is -4.18. The number of benzene rings is 1. The summed E-state index contributed by atoms with van der Waals surface area (Å²) in [5.74, 6) is -0.725. The SMILES string of the molecule is COc1nc(NS(=O)(=O)c2c[nH]c3c(C#N)c(Cl)ccc23)nc(OC)c1OCCF. The monoisotopic (exact) mass is 455 g/mol. The first-order valence-corrected chi connectivity index (χ1v) is 10.1. The highest BCUT2D eigenvalue weighted by Crippen LogP contribution is 2.36. The molecule has 3 rings (SSSR count). The smallest absolute Gasteiger partial charge is 0.266 e. The van der Waals surface area contributed by atoms with Crippen molar-refractivity contribution in [1.29, 1.82) is 5.26 Å². The molecular formula is C17H15ClFN5O5S. The van der Waals surface area contributed by atoms with E-state index in [1.807, 2.05) is 6.07 Å². The minimum absolute atomic E-state index is 0.0685. The van der Waals surface area contributed by atoms with Gasteiger partial charge in [0.1, 0.15) is 24.2 Å². The van der Waals surface area contributed by atoms with E-state index < -0.39 is 16.7 Å². The Balaban J connectivity index is 2.04. The summed E-state index contributed by atoms with van der Waals surface area (Å²) in [6.45, 7) is -1.06. The molecule has 10 nitrogen and oxygen atoms in total. The molecule has 2 N–H and O–H groups in total. The van der Waals surface area contributed by atoms with Crippen molar-refractivity contribution in [3.63, 3.8) is 0 Å². The summed E-state index contributed by atoms with van der Waals surface area (Å²) in [4.78, 5) is 10.5. The highest BCUT2D eigenvalue weighted by molar-refractivity contribution is 7.93. The van der Waals surface area contributed by atoms with E-state index in [2.05, 4.69) is 19.7 Å². The average Bonchev–Trinajstić information content (AvgIpc) is 3.16. The van der Waals surface area contributed by atoms with Gasteiger partial charge in [0.25, 0.3) is 21.8 Å². The third-order valence-electron chi connectivity index (χ3n) is 3.91. The normalized spacial score (nSPS) is 11.2. The highest BCUT2D eigenvalue weighted by Gasteiger charge is 2.25. The molecule has 0 unspecified atom stereocenters. The van der Waals surface area contributed by atoms with Crippen molar-refractivity contribution >= 4 is 38.5 Å². The van der Waals surface area contributed by atoms with Gasteiger partial charge < -0.3 is 19.2 Å². The Kier molecular flexibility index (Phi) is 6.14. The number of hydrogen-bond acceptors (Lipinski definition) is 8. The number of anilines is 1. The average molecular weight is 456 g/mol. The number of alkyl halides is 1. The maximum atomic E-state index is 12.9. The summed E-state index contributed by atoms with van der Waals surface area (Å²) in [5, 5.41) is 9.70. The van der Waals surface area contributed by atoms with E-state index in [-0.39, 0.29) is 56.4 Å². The van der Waals surface area contributed by atoms with Crippen LogP contribution in [-0.2, 0) is 10.0 Å². The standard InChI is InChI=1S/C17H15ClFN5O5S/c1-27-15-14(29-6-5-19)16(28-2)23-17(22-15)24-30(25,26)12-8-21-13-9(12)3-4-11(18)10(13)7-20/h3-4,8,21H,5-6H2,1-2H3,(H,22,23,24). The van der Waals surface area contributed by atoms with Crippen LogP contribution in [0.4, 0.5) is 10.3 Å². The molecule has 13 heteroatoms. The Morgan fingerprint density at radius 1 is 1.27 bits per heavy atom. The molecule has 30 heavy (non-hydrogen) atoms. The molecule has 0 saturated heterocycles. The summed E-state index contributed by atoms with van der Waals surface area (Å²) in [6, 6.07) is 4.83.